The first-order valence-corrected chi connectivity index (χ1v) is 8.82. The molecule has 0 unspecified atom stereocenters. The maximum Gasteiger partial charge on any atom is 0.278 e. The van der Waals surface area contributed by atoms with Crippen LogP contribution in [0.1, 0.15) is 20.9 Å². The Kier molecular flexibility index (Phi) is 4.21. The van der Waals surface area contributed by atoms with E-state index in [2.05, 4.69) is 20.5 Å². The first kappa shape index (κ1) is 15.8. The van der Waals surface area contributed by atoms with Crippen LogP contribution in [0.5, 0.6) is 0 Å². The SMILES string of the molecule is O=C(Nc1ncc(Cc2cccc(Cl)c2)s1)c1n[nH]c2ccccc12. The lowest BCUT2D eigenvalue weighted by Crippen LogP contribution is -2.12. The van der Waals surface area contributed by atoms with Crippen molar-refractivity contribution in [3.8, 4) is 0 Å². The third-order valence-corrected chi connectivity index (χ3v) is 4.87. The first-order chi connectivity index (χ1) is 12.2. The van der Waals surface area contributed by atoms with Crippen LogP contribution in [-0.2, 0) is 6.42 Å². The number of nitrogens with one attached hydrogen (secondary N) is 2. The Morgan fingerprint density at radius 2 is 2.08 bits per heavy atom. The summed E-state index contributed by atoms with van der Waals surface area (Å²) in [6.07, 6.45) is 2.49. The monoisotopic (exact) mass is 368 g/mol. The number of benzene rings is 2. The van der Waals surface area contributed by atoms with Gasteiger partial charge in [-0.2, -0.15) is 5.10 Å². The summed E-state index contributed by atoms with van der Waals surface area (Å²) in [7, 11) is 0. The summed E-state index contributed by atoms with van der Waals surface area (Å²) >= 11 is 7.45. The lowest BCUT2D eigenvalue weighted by Gasteiger charge is -1.99. The van der Waals surface area contributed by atoms with E-state index in [-0.39, 0.29) is 5.91 Å². The highest BCUT2D eigenvalue weighted by Crippen LogP contribution is 2.23. The van der Waals surface area contributed by atoms with Crippen molar-refractivity contribution in [2.45, 2.75) is 6.42 Å². The fourth-order valence-electron chi connectivity index (χ4n) is 2.59. The molecule has 0 aliphatic heterocycles. The van der Waals surface area contributed by atoms with Crippen LogP contribution in [0.3, 0.4) is 0 Å². The molecule has 4 aromatic rings. The molecule has 1 amide bonds. The smallest absolute Gasteiger partial charge is 0.278 e. The Morgan fingerprint density at radius 1 is 1.20 bits per heavy atom. The van der Waals surface area contributed by atoms with Crippen molar-refractivity contribution in [2.24, 2.45) is 0 Å². The van der Waals surface area contributed by atoms with Crippen LogP contribution in [-0.4, -0.2) is 21.1 Å². The lowest BCUT2D eigenvalue weighted by atomic mass is 10.1. The van der Waals surface area contributed by atoms with Crippen LogP contribution in [0.15, 0.2) is 54.7 Å². The number of hydrogen-bond acceptors (Lipinski definition) is 4. The van der Waals surface area contributed by atoms with Gasteiger partial charge in [-0.05, 0) is 23.8 Å². The van der Waals surface area contributed by atoms with Gasteiger partial charge in [0.2, 0.25) is 0 Å². The summed E-state index contributed by atoms with van der Waals surface area (Å²) in [5, 5.41) is 11.8. The number of carbonyl (C=O) groups excluding carboxylic acids is 1. The van der Waals surface area contributed by atoms with Crippen LogP contribution < -0.4 is 5.32 Å². The van der Waals surface area contributed by atoms with Gasteiger partial charge in [-0.25, -0.2) is 4.98 Å². The average molecular weight is 369 g/mol. The average Bonchev–Trinajstić information content (AvgIpc) is 3.21. The molecule has 0 aliphatic carbocycles. The summed E-state index contributed by atoms with van der Waals surface area (Å²) in [6.45, 7) is 0. The molecule has 2 aromatic heterocycles. The summed E-state index contributed by atoms with van der Waals surface area (Å²) in [5.74, 6) is -0.277. The molecular formula is C18H13ClN4OS. The number of carbonyl (C=O) groups is 1. The van der Waals surface area contributed by atoms with Crippen LogP contribution >= 0.6 is 22.9 Å². The number of anilines is 1. The third kappa shape index (κ3) is 3.40. The maximum absolute atomic E-state index is 12.5. The van der Waals surface area contributed by atoms with Gasteiger partial charge in [0.05, 0.1) is 5.52 Å². The van der Waals surface area contributed by atoms with E-state index in [9.17, 15) is 4.79 Å². The van der Waals surface area contributed by atoms with E-state index >= 15 is 0 Å². The van der Waals surface area contributed by atoms with Crippen molar-refractivity contribution in [3.63, 3.8) is 0 Å². The molecule has 0 atom stereocenters. The second-order valence-corrected chi connectivity index (χ2v) is 7.06. The highest BCUT2D eigenvalue weighted by Gasteiger charge is 2.15. The molecule has 25 heavy (non-hydrogen) atoms. The quantitative estimate of drug-likeness (QED) is 0.556. The highest BCUT2D eigenvalue weighted by atomic mass is 35.5. The third-order valence-electron chi connectivity index (χ3n) is 3.73. The fourth-order valence-corrected chi connectivity index (χ4v) is 3.64. The van der Waals surface area contributed by atoms with E-state index in [1.54, 1.807) is 6.20 Å². The zero-order chi connectivity index (χ0) is 17.2. The predicted octanol–water partition coefficient (Wildman–Crippen LogP) is 4.52. The molecule has 0 fully saturated rings. The molecule has 0 spiro atoms. The minimum Gasteiger partial charge on any atom is -0.296 e. The van der Waals surface area contributed by atoms with Gasteiger partial charge in [-0.15, -0.1) is 11.3 Å². The van der Waals surface area contributed by atoms with Gasteiger partial charge in [-0.3, -0.25) is 15.2 Å². The van der Waals surface area contributed by atoms with E-state index < -0.39 is 0 Å². The maximum atomic E-state index is 12.5. The number of aromatic nitrogens is 3. The topological polar surface area (TPSA) is 70.7 Å². The molecule has 0 saturated heterocycles. The first-order valence-electron chi connectivity index (χ1n) is 7.62. The van der Waals surface area contributed by atoms with Crippen molar-refractivity contribution < 1.29 is 4.79 Å². The summed E-state index contributed by atoms with van der Waals surface area (Å²) in [4.78, 5) is 17.8. The second kappa shape index (κ2) is 6.66. The number of para-hydroxylation sites is 1. The molecule has 124 valence electrons. The van der Waals surface area contributed by atoms with Crippen LogP contribution in [0, 0.1) is 0 Å². The Labute approximate surface area is 152 Å². The standard InChI is InChI=1S/C18H13ClN4OS/c19-12-5-3-4-11(8-12)9-13-10-20-18(25-13)21-17(24)16-14-6-1-2-7-15(14)22-23-16/h1-8,10H,9H2,(H,22,23)(H,20,21,24). The summed E-state index contributed by atoms with van der Waals surface area (Å²) in [6, 6.07) is 15.2. The Balaban J connectivity index is 1.50. The van der Waals surface area contributed by atoms with E-state index in [0.717, 1.165) is 27.8 Å². The van der Waals surface area contributed by atoms with Crippen LogP contribution in [0.2, 0.25) is 5.02 Å². The molecule has 0 bridgehead atoms. The number of rotatable bonds is 4. The summed E-state index contributed by atoms with van der Waals surface area (Å²) < 4.78 is 0. The molecular weight excluding hydrogens is 356 g/mol. The van der Waals surface area contributed by atoms with E-state index in [4.69, 9.17) is 11.6 Å². The van der Waals surface area contributed by atoms with Gasteiger partial charge in [0, 0.05) is 27.9 Å². The van der Waals surface area contributed by atoms with Crippen molar-refractivity contribution in [3.05, 3.63) is 75.9 Å². The Bertz CT molecular complexity index is 1060. The Morgan fingerprint density at radius 3 is 2.96 bits per heavy atom. The number of amides is 1. The number of aromatic amines is 1. The minimum absolute atomic E-state index is 0.277. The second-order valence-electron chi connectivity index (χ2n) is 5.51. The lowest BCUT2D eigenvalue weighted by molar-refractivity contribution is 0.102. The highest BCUT2D eigenvalue weighted by molar-refractivity contribution is 7.15. The Hall–Kier alpha value is -2.70. The molecule has 7 heteroatoms. The number of H-pyrrole nitrogens is 1. The van der Waals surface area contributed by atoms with Gasteiger partial charge in [0.15, 0.2) is 10.8 Å². The number of nitrogens with zero attached hydrogens (tertiary/aromatic N) is 2. The fraction of sp³-hybridized carbons (Fsp3) is 0.0556. The van der Waals surface area contributed by atoms with Gasteiger partial charge in [-0.1, -0.05) is 41.9 Å². The van der Waals surface area contributed by atoms with Crippen LogP contribution in [0.25, 0.3) is 10.9 Å². The van der Waals surface area contributed by atoms with E-state index in [1.807, 2.05) is 48.5 Å². The zero-order valence-corrected chi connectivity index (χ0v) is 14.6. The molecule has 5 nitrogen and oxygen atoms in total. The van der Waals surface area contributed by atoms with E-state index in [1.165, 1.54) is 11.3 Å². The largest absolute Gasteiger partial charge is 0.296 e. The molecule has 2 aromatic carbocycles. The van der Waals surface area contributed by atoms with Gasteiger partial charge in [0.25, 0.3) is 5.91 Å². The molecule has 0 aliphatic rings. The number of hydrogen-bond donors (Lipinski definition) is 2. The number of thiazole rings is 1. The molecule has 0 saturated carbocycles. The minimum atomic E-state index is -0.277. The normalized spacial score (nSPS) is 10.9. The molecule has 2 heterocycles. The van der Waals surface area contributed by atoms with Crippen molar-refractivity contribution in [2.75, 3.05) is 5.32 Å². The zero-order valence-electron chi connectivity index (χ0n) is 13.0. The van der Waals surface area contributed by atoms with Gasteiger partial charge >= 0.3 is 0 Å². The van der Waals surface area contributed by atoms with Crippen LogP contribution in [0.4, 0.5) is 5.13 Å². The van der Waals surface area contributed by atoms with Crippen molar-refractivity contribution in [1.82, 2.24) is 15.2 Å². The summed E-state index contributed by atoms with van der Waals surface area (Å²) in [5.41, 5.74) is 2.29. The molecule has 2 N–H and O–H groups in total. The van der Waals surface area contributed by atoms with Gasteiger partial charge < -0.3 is 0 Å². The molecule has 0 radical (unpaired) electrons. The van der Waals surface area contributed by atoms with Crippen molar-refractivity contribution in [1.29, 1.82) is 0 Å². The van der Waals surface area contributed by atoms with E-state index in [0.29, 0.717) is 15.8 Å². The van der Waals surface area contributed by atoms with Gasteiger partial charge in [0.1, 0.15) is 0 Å². The number of fused-ring (bicyclic) bond motifs is 1. The number of halogens is 1. The predicted molar refractivity (Wildman–Crippen MR) is 100 cm³/mol. The van der Waals surface area contributed by atoms with Crippen molar-refractivity contribution >= 4 is 44.9 Å². The molecule has 4 rings (SSSR count).